The van der Waals surface area contributed by atoms with Crippen LogP contribution in [-0.2, 0) is 27.8 Å². The molecule has 0 atom stereocenters. The Morgan fingerprint density at radius 1 is 1.24 bits per heavy atom. The van der Waals surface area contributed by atoms with Gasteiger partial charge in [0.2, 0.25) is 0 Å². The van der Waals surface area contributed by atoms with E-state index in [1.807, 2.05) is 18.2 Å². The van der Waals surface area contributed by atoms with Gasteiger partial charge in [-0.15, -0.1) is 0 Å². The minimum atomic E-state index is -3.55. The van der Waals surface area contributed by atoms with Gasteiger partial charge in [-0.3, -0.25) is 14.5 Å². The van der Waals surface area contributed by atoms with E-state index in [1.165, 1.54) is 11.4 Å². The number of hydrogen-bond acceptors (Lipinski definition) is 4. The molecule has 0 unspecified atom stereocenters. The highest BCUT2D eigenvalue weighted by atomic mass is 32.2. The van der Waals surface area contributed by atoms with Gasteiger partial charge in [0, 0.05) is 49.3 Å². The van der Waals surface area contributed by atoms with Crippen molar-refractivity contribution < 1.29 is 13.2 Å². The number of nitrogens with zero attached hydrogens (tertiary/aromatic N) is 2. The quantitative estimate of drug-likeness (QED) is 0.722. The highest BCUT2D eigenvalue weighted by Crippen LogP contribution is 2.34. The second kappa shape index (κ2) is 7.72. The number of aromatic nitrogens is 1. The Bertz CT molecular complexity index is 1070. The summed E-state index contributed by atoms with van der Waals surface area (Å²) in [5.41, 5.74) is 5.40. The number of pyridine rings is 1. The van der Waals surface area contributed by atoms with E-state index in [1.54, 1.807) is 19.1 Å². The molecule has 4 rings (SSSR count). The fourth-order valence-electron chi connectivity index (χ4n) is 3.47. The van der Waals surface area contributed by atoms with E-state index in [4.69, 9.17) is 4.98 Å². The lowest BCUT2D eigenvalue weighted by Gasteiger charge is -2.16. The van der Waals surface area contributed by atoms with E-state index in [0.29, 0.717) is 18.7 Å². The van der Waals surface area contributed by atoms with Gasteiger partial charge in [0.05, 0.1) is 5.69 Å². The largest absolute Gasteiger partial charge is 0.301 e. The Labute approximate surface area is 171 Å². The van der Waals surface area contributed by atoms with Crippen molar-refractivity contribution in [1.29, 1.82) is 0 Å². The lowest BCUT2D eigenvalue weighted by Crippen LogP contribution is -2.32. The van der Waals surface area contributed by atoms with Crippen LogP contribution in [0.15, 0.2) is 36.4 Å². The molecule has 0 amide bonds. The van der Waals surface area contributed by atoms with Crippen LogP contribution in [0, 0.1) is 5.92 Å². The summed E-state index contributed by atoms with van der Waals surface area (Å²) in [6.07, 6.45) is 7.31. The molecule has 0 aliphatic heterocycles. The predicted molar refractivity (Wildman–Crippen MR) is 115 cm³/mol. The van der Waals surface area contributed by atoms with Gasteiger partial charge in [0.15, 0.2) is 0 Å². The van der Waals surface area contributed by atoms with Crippen molar-refractivity contribution in [2.24, 2.45) is 5.92 Å². The minimum Gasteiger partial charge on any atom is -0.299 e. The first-order chi connectivity index (χ1) is 13.9. The summed E-state index contributed by atoms with van der Waals surface area (Å²) in [6.45, 7) is 2.18. The van der Waals surface area contributed by atoms with E-state index in [9.17, 15) is 13.2 Å². The maximum atomic E-state index is 12.3. The van der Waals surface area contributed by atoms with Gasteiger partial charge in [0.1, 0.15) is 5.78 Å². The monoisotopic (exact) mass is 411 g/mol. The molecule has 29 heavy (non-hydrogen) atoms. The van der Waals surface area contributed by atoms with Crippen LogP contribution < -0.4 is 4.72 Å². The normalized spacial score (nSPS) is 15.6. The number of allylic oxidation sites excluding steroid dienone is 1. The minimum absolute atomic E-state index is 0.222. The molecule has 1 N–H and O–H groups in total. The van der Waals surface area contributed by atoms with Crippen LogP contribution in [0.2, 0.25) is 0 Å². The van der Waals surface area contributed by atoms with Crippen molar-refractivity contribution in [3.8, 4) is 11.1 Å². The molecule has 1 fully saturated rings. The molecule has 0 spiro atoms. The van der Waals surface area contributed by atoms with Gasteiger partial charge < -0.3 is 0 Å². The fourth-order valence-corrected chi connectivity index (χ4v) is 4.40. The summed E-state index contributed by atoms with van der Waals surface area (Å²) in [6, 6.07) is 9.32. The van der Waals surface area contributed by atoms with Crippen LogP contribution in [0.5, 0.6) is 0 Å². The Hall–Kier alpha value is -2.51. The maximum absolute atomic E-state index is 12.3. The van der Waals surface area contributed by atoms with E-state index in [-0.39, 0.29) is 11.7 Å². The highest BCUT2D eigenvalue weighted by Gasteiger charge is 2.30. The first kappa shape index (κ1) is 19.8. The molecule has 0 saturated heterocycles. The van der Waals surface area contributed by atoms with Crippen molar-refractivity contribution >= 4 is 27.8 Å². The van der Waals surface area contributed by atoms with Crippen LogP contribution in [0.25, 0.3) is 17.2 Å². The summed E-state index contributed by atoms with van der Waals surface area (Å²) in [4.78, 5) is 17.0. The first-order valence-corrected chi connectivity index (χ1v) is 11.4. The molecule has 1 saturated carbocycles. The summed E-state index contributed by atoms with van der Waals surface area (Å²) >= 11 is 0. The third kappa shape index (κ3) is 4.26. The first-order valence-electron chi connectivity index (χ1n) is 9.94. The molecule has 1 heterocycles. The topological polar surface area (TPSA) is 79.4 Å². The molecule has 1 aromatic carbocycles. The van der Waals surface area contributed by atoms with Gasteiger partial charge in [-0.1, -0.05) is 31.2 Å². The fraction of sp³-hybridized carbons (Fsp3) is 0.364. The molecule has 6 nitrogen and oxygen atoms in total. The lowest BCUT2D eigenvalue weighted by molar-refractivity contribution is -0.119. The van der Waals surface area contributed by atoms with Crippen molar-refractivity contribution in [2.45, 2.75) is 32.6 Å². The SMILES string of the molecule is CCN(C)S(=O)(=O)Nc1ccc(-c2cc(CC(=O)C3CC3)nc3c2C=CC3)cc1. The Morgan fingerprint density at radius 2 is 1.97 bits per heavy atom. The molecule has 152 valence electrons. The number of carbonyl (C=O) groups is 1. The number of ketones is 1. The molecular weight excluding hydrogens is 386 g/mol. The Kier molecular flexibility index (Phi) is 5.27. The number of rotatable bonds is 8. The zero-order valence-electron chi connectivity index (χ0n) is 16.7. The predicted octanol–water partition coefficient (Wildman–Crippen LogP) is 3.45. The smallest absolute Gasteiger partial charge is 0.299 e. The van der Waals surface area contributed by atoms with Crippen LogP contribution in [-0.4, -0.2) is 37.1 Å². The number of nitrogens with one attached hydrogen (secondary N) is 1. The zero-order valence-corrected chi connectivity index (χ0v) is 17.5. The number of Topliss-reactive ketones (excluding diaryl/α,β-unsaturated/α-hetero) is 1. The van der Waals surface area contributed by atoms with Gasteiger partial charge in [0.25, 0.3) is 0 Å². The third-order valence-electron chi connectivity index (χ3n) is 5.47. The zero-order chi connectivity index (χ0) is 20.6. The number of hydrogen-bond donors (Lipinski definition) is 1. The molecule has 0 radical (unpaired) electrons. The molecule has 2 aliphatic rings. The molecule has 7 heteroatoms. The molecule has 1 aromatic heterocycles. The summed E-state index contributed by atoms with van der Waals surface area (Å²) in [5, 5.41) is 0. The second-order valence-corrected chi connectivity index (χ2v) is 9.42. The van der Waals surface area contributed by atoms with Crippen molar-refractivity contribution in [3.63, 3.8) is 0 Å². The summed E-state index contributed by atoms with van der Waals surface area (Å²) < 4.78 is 28.3. The molecule has 0 bridgehead atoms. The number of carbonyl (C=O) groups excluding carboxylic acids is 1. The molecule has 2 aliphatic carbocycles. The third-order valence-corrected chi connectivity index (χ3v) is 7.05. The van der Waals surface area contributed by atoms with Gasteiger partial charge in [-0.25, -0.2) is 0 Å². The van der Waals surface area contributed by atoms with E-state index >= 15 is 0 Å². The van der Waals surface area contributed by atoms with E-state index < -0.39 is 10.2 Å². The van der Waals surface area contributed by atoms with Crippen molar-refractivity contribution in [1.82, 2.24) is 9.29 Å². The van der Waals surface area contributed by atoms with Crippen molar-refractivity contribution in [2.75, 3.05) is 18.3 Å². The van der Waals surface area contributed by atoms with Gasteiger partial charge in [-0.2, -0.15) is 12.7 Å². The highest BCUT2D eigenvalue weighted by molar-refractivity contribution is 7.90. The van der Waals surface area contributed by atoms with Gasteiger partial charge in [-0.05, 0) is 42.2 Å². The van der Waals surface area contributed by atoms with Crippen LogP contribution in [0.4, 0.5) is 5.69 Å². The standard InChI is InChI=1S/C22H25N3O3S/c1-3-25(2)29(27,28)24-17-11-9-15(10-12-17)20-13-18(14-22(26)16-7-8-16)23-21-6-4-5-19(20)21/h4-5,9-13,16,24H,3,6-8,14H2,1-2H3. The average molecular weight is 412 g/mol. The second-order valence-electron chi connectivity index (χ2n) is 7.64. The van der Waals surface area contributed by atoms with Crippen molar-refractivity contribution in [3.05, 3.63) is 53.4 Å². The Balaban J connectivity index is 1.61. The number of fused-ring (bicyclic) bond motifs is 1. The van der Waals surface area contributed by atoms with Crippen LogP contribution >= 0.6 is 0 Å². The van der Waals surface area contributed by atoms with Crippen LogP contribution in [0.3, 0.4) is 0 Å². The van der Waals surface area contributed by atoms with Gasteiger partial charge >= 0.3 is 10.2 Å². The average Bonchev–Trinajstić information content (AvgIpc) is 3.45. The summed E-state index contributed by atoms with van der Waals surface area (Å²) in [7, 11) is -2.01. The number of benzene rings is 1. The number of anilines is 1. The van der Waals surface area contributed by atoms with Crippen LogP contribution in [0.1, 0.15) is 36.7 Å². The molecular formula is C22H25N3O3S. The maximum Gasteiger partial charge on any atom is 0.301 e. The lowest BCUT2D eigenvalue weighted by atomic mass is 9.97. The summed E-state index contributed by atoms with van der Waals surface area (Å²) in [5.74, 6) is 0.499. The van der Waals surface area contributed by atoms with E-state index in [0.717, 1.165) is 47.3 Å². The van der Waals surface area contributed by atoms with E-state index in [2.05, 4.69) is 16.9 Å². The molecule has 2 aromatic rings. The Morgan fingerprint density at radius 3 is 2.62 bits per heavy atom.